The molecule has 1 saturated heterocycles. The maximum absolute atomic E-state index is 13.7. The number of alkyl halides is 1. The van der Waals surface area contributed by atoms with Crippen molar-refractivity contribution < 1.29 is 9.59 Å². The fraction of sp³-hybridized carbons (Fsp3) is 0.200. The van der Waals surface area contributed by atoms with Gasteiger partial charge in [0.25, 0.3) is 0 Å². The quantitative estimate of drug-likeness (QED) is 0.437. The third kappa shape index (κ3) is 1.89. The Morgan fingerprint density at radius 1 is 0.793 bits per heavy atom. The summed E-state index contributed by atoms with van der Waals surface area (Å²) in [5.74, 6) is -1.58. The highest BCUT2D eigenvalue weighted by atomic mass is 35.5. The van der Waals surface area contributed by atoms with E-state index in [0.717, 1.165) is 27.8 Å². The minimum atomic E-state index is -1.03. The van der Waals surface area contributed by atoms with Gasteiger partial charge in [-0.05, 0) is 40.8 Å². The van der Waals surface area contributed by atoms with Crippen molar-refractivity contribution in [2.24, 2.45) is 11.8 Å². The van der Waals surface area contributed by atoms with Crippen molar-refractivity contribution in [3.8, 4) is 0 Å². The predicted molar refractivity (Wildman–Crippen MR) is 112 cm³/mol. The van der Waals surface area contributed by atoms with E-state index in [1.54, 1.807) is 0 Å². The van der Waals surface area contributed by atoms with Crippen molar-refractivity contribution in [1.82, 2.24) is 0 Å². The number of carbonyl (C=O) groups excluding carboxylic acids is 2. The number of rotatable bonds is 1. The fourth-order valence-electron chi connectivity index (χ4n) is 5.73. The van der Waals surface area contributed by atoms with Crippen molar-refractivity contribution in [3.05, 3.63) is 101 Å². The van der Waals surface area contributed by atoms with Gasteiger partial charge in [-0.2, -0.15) is 0 Å². The number of nitrogens with zero attached hydrogens (tertiary/aromatic N) is 1. The first-order valence-corrected chi connectivity index (χ1v) is 10.2. The average Bonchev–Trinajstić information content (AvgIpc) is 3.01. The molecule has 0 spiro atoms. The SMILES string of the molecule is Cc1ccccc1N1C(=O)[C@@H]2C3c4ccccc4C(Cl)(c4ccccc43)[C@H]2C1=O. The molecule has 0 unspecified atom stereocenters. The Balaban J connectivity index is 1.64. The summed E-state index contributed by atoms with van der Waals surface area (Å²) in [6.45, 7) is 1.92. The van der Waals surface area contributed by atoms with Crippen molar-refractivity contribution >= 4 is 29.1 Å². The molecule has 4 heteroatoms. The van der Waals surface area contributed by atoms with Crippen molar-refractivity contribution in [3.63, 3.8) is 0 Å². The first-order valence-electron chi connectivity index (χ1n) is 9.86. The van der Waals surface area contributed by atoms with Crippen LogP contribution >= 0.6 is 11.6 Å². The first-order chi connectivity index (χ1) is 14.0. The molecular weight excluding hydrogens is 382 g/mol. The summed E-state index contributed by atoms with van der Waals surface area (Å²) >= 11 is 7.41. The number of hydrogen-bond acceptors (Lipinski definition) is 2. The first kappa shape index (κ1) is 17.0. The van der Waals surface area contributed by atoms with Crippen LogP contribution in [0.25, 0.3) is 0 Å². The van der Waals surface area contributed by atoms with Crippen LogP contribution in [0.5, 0.6) is 0 Å². The lowest BCUT2D eigenvalue weighted by atomic mass is 9.54. The number of anilines is 1. The van der Waals surface area contributed by atoms with Crippen LogP contribution in [0.2, 0.25) is 0 Å². The van der Waals surface area contributed by atoms with Gasteiger partial charge in [-0.15, -0.1) is 11.6 Å². The van der Waals surface area contributed by atoms with Crippen LogP contribution in [0.4, 0.5) is 5.69 Å². The molecule has 3 nitrogen and oxygen atoms in total. The van der Waals surface area contributed by atoms with Gasteiger partial charge in [-0.3, -0.25) is 9.59 Å². The molecule has 0 saturated carbocycles. The molecule has 0 N–H and O–H groups in total. The van der Waals surface area contributed by atoms with E-state index in [-0.39, 0.29) is 17.7 Å². The lowest BCUT2D eigenvalue weighted by Crippen LogP contribution is -2.50. The molecular formula is C25H18ClNO2. The van der Waals surface area contributed by atoms with Crippen molar-refractivity contribution in [2.45, 2.75) is 17.7 Å². The van der Waals surface area contributed by atoms with Gasteiger partial charge in [0.15, 0.2) is 0 Å². The molecule has 2 bridgehead atoms. The molecule has 142 valence electrons. The van der Waals surface area contributed by atoms with Gasteiger partial charge in [0.2, 0.25) is 11.8 Å². The summed E-state index contributed by atoms with van der Waals surface area (Å²) in [5.41, 5.74) is 5.60. The van der Waals surface area contributed by atoms with E-state index in [9.17, 15) is 9.59 Å². The maximum Gasteiger partial charge on any atom is 0.240 e. The fourth-order valence-corrected chi connectivity index (χ4v) is 6.30. The average molecular weight is 400 g/mol. The summed E-state index contributed by atoms with van der Waals surface area (Å²) in [6.07, 6.45) is 0. The molecule has 3 aromatic carbocycles. The zero-order valence-corrected chi connectivity index (χ0v) is 16.6. The zero-order valence-electron chi connectivity index (χ0n) is 15.8. The highest BCUT2D eigenvalue weighted by molar-refractivity contribution is 6.33. The zero-order chi connectivity index (χ0) is 19.9. The molecule has 2 amide bonds. The molecule has 3 aliphatic carbocycles. The Bertz CT molecular complexity index is 1170. The van der Waals surface area contributed by atoms with Gasteiger partial charge in [-0.25, -0.2) is 4.90 Å². The summed E-state index contributed by atoms with van der Waals surface area (Å²) in [5, 5.41) is 0. The molecule has 0 aromatic heterocycles. The van der Waals surface area contributed by atoms with E-state index in [1.807, 2.05) is 67.6 Å². The molecule has 1 fully saturated rings. The van der Waals surface area contributed by atoms with E-state index in [1.165, 1.54) is 4.90 Å². The number of benzene rings is 3. The molecule has 4 aliphatic rings. The second-order valence-electron chi connectivity index (χ2n) is 8.17. The van der Waals surface area contributed by atoms with Crippen molar-refractivity contribution in [2.75, 3.05) is 4.90 Å². The van der Waals surface area contributed by atoms with E-state index < -0.39 is 16.7 Å². The highest BCUT2D eigenvalue weighted by Crippen LogP contribution is 2.65. The topological polar surface area (TPSA) is 37.4 Å². The number of aryl methyl sites for hydroxylation is 1. The Morgan fingerprint density at radius 3 is 1.97 bits per heavy atom. The lowest BCUT2D eigenvalue weighted by Gasteiger charge is -2.50. The van der Waals surface area contributed by atoms with Gasteiger partial charge >= 0.3 is 0 Å². The Kier molecular flexibility index (Phi) is 3.27. The van der Waals surface area contributed by atoms with Gasteiger partial charge < -0.3 is 0 Å². The maximum atomic E-state index is 13.7. The van der Waals surface area contributed by atoms with Crippen LogP contribution in [0.1, 0.15) is 33.7 Å². The van der Waals surface area contributed by atoms with Gasteiger partial charge in [0.05, 0.1) is 17.5 Å². The van der Waals surface area contributed by atoms with E-state index in [4.69, 9.17) is 11.6 Å². The summed E-state index contributed by atoms with van der Waals surface area (Å²) in [7, 11) is 0. The second-order valence-corrected chi connectivity index (χ2v) is 8.76. The molecule has 3 aromatic rings. The molecule has 1 heterocycles. The number of para-hydroxylation sites is 1. The smallest absolute Gasteiger partial charge is 0.240 e. The monoisotopic (exact) mass is 399 g/mol. The van der Waals surface area contributed by atoms with Gasteiger partial charge in [0.1, 0.15) is 4.87 Å². The van der Waals surface area contributed by atoms with Crippen molar-refractivity contribution in [1.29, 1.82) is 0 Å². The van der Waals surface area contributed by atoms with Gasteiger partial charge in [-0.1, -0.05) is 66.7 Å². The highest BCUT2D eigenvalue weighted by Gasteiger charge is 2.68. The second kappa shape index (κ2) is 5.58. The van der Waals surface area contributed by atoms with Crippen LogP contribution in [0, 0.1) is 18.8 Å². The lowest BCUT2D eigenvalue weighted by molar-refractivity contribution is -0.122. The third-order valence-electron chi connectivity index (χ3n) is 6.87. The standard InChI is InChI=1S/C25H18ClNO2/c1-14-8-2-7-13-19(14)27-23(28)21-20-15-9-3-5-11-17(15)25(26,22(21)24(27)29)18-12-6-4-10-16(18)20/h2-13,20-22H,1H3/t20?,21-,22-,25?/m1/s1. The third-order valence-corrected chi connectivity index (χ3v) is 7.51. The van der Waals surface area contributed by atoms with Crippen LogP contribution in [0.15, 0.2) is 72.8 Å². The predicted octanol–water partition coefficient (Wildman–Crippen LogP) is 4.74. The number of hydrogen-bond donors (Lipinski definition) is 0. The number of imide groups is 1. The molecule has 2 atom stereocenters. The van der Waals surface area contributed by atoms with Gasteiger partial charge in [0, 0.05) is 5.92 Å². The molecule has 29 heavy (non-hydrogen) atoms. The summed E-state index contributed by atoms with van der Waals surface area (Å²) in [4.78, 5) is 27.8. The summed E-state index contributed by atoms with van der Waals surface area (Å²) < 4.78 is 0. The number of amides is 2. The number of carbonyl (C=O) groups is 2. The minimum Gasteiger partial charge on any atom is -0.274 e. The normalized spacial score (nSPS) is 28.9. The van der Waals surface area contributed by atoms with Crippen LogP contribution in [-0.2, 0) is 14.5 Å². The molecule has 7 rings (SSSR count). The van der Waals surface area contributed by atoms with Crippen LogP contribution in [-0.4, -0.2) is 11.8 Å². The minimum absolute atomic E-state index is 0.145. The molecule has 1 aliphatic heterocycles. The Labute approximate surface area is 173 Å². The van der Waals surface area contributed by atoms with Crippen LogP contribution < -0.4 is 4.90 Å². The Morgan fingerprint density at radius 2 is 1.34 bits per heavy atom. The van der Waals surface area contributed by atoms with E-state index in [0.29, 0.717) is 5.69 Å². The van der Waals surface area contributed by atoms with Crippen LogP contribution in [0.3, 0.4) is 0 Å². The molecule has 0 radical (unpaired) electrons. The van der Waals surface area contributed by atoms with E-state index >= 15 is 0 Å². The number of halogens is 1. The summed E-state index contributed by atoms with van der Waals surface area (Å²) in [6, 6.07) is 23.5. The largest absolute Gasteiger partial charge is 0.274 e. The Hall–Kier alpha value is -2.91. The van der Waals surface area contributed by atoms with E-state index in [2.05, 4.69) is 12.1 Å².